The highest BCUT2D eigenvalue weighted by molar-refractivity contribution is 5.22. The molecule has 0 radical (unpaired) electrons. The van der Waals surface area contributed by atoms with E-state index in [9.17, 15) is 0 Å². The maximum atomic E-state index is 4.31. The van der Waals surface area contributed by atoms with Gasteiger partial charge in [-0.05, 0) is 31.4 Å². The highest BCUT2D eigenvalue weighted by Crippen LogP contribution is 2.25. The van der Waals surface area contributed by atoms with Crippen molar-refractivity contribution in [1.82, 2.24) is 15.1 Å². The van der Waals surface area contributed by atoms with Crippen molar-refractivity contribution in [2.24, 2.45) is 7.05 Å². The largest absolute Gasteiger partial charge is 0.309 e. The van der Waals surface area contributed by atoms with Gasteiger partial charge in [0, 0.05) is 13.1 Å². The van der Waals surface area contributed by atoms with E-state index in [0.717, 1.165) is 13.0 Å². The molecule has 0 aliphatic carbocycles. The molecule has 1 saturated heterocycles. The van der Waals surface area contributed by atoms with Crippen molar-refractivity contribution >= 4 is 0 Å². The first-order valence-electron chi connectivity index (χ1n) is 5.07. The highest BCUT2D eigenvalue weighted by atomic mass is 15.3. The number of nitrogens with zero attached hydrogens (tertiary/aromatic N) is 2. The van der Waals surface area contributed by atoms with Crippen molar-refractivity contribution in [2.45, 2.75) is 32.2 Å². The Morgan fingerprint density at radius 3 is 3.15 bits per heavy atom. The third-order valence-electron chi connectivity index (χ3n) is 2.84. The molecule has 3 heteroatoms. The first-order chi connectivity index (χ1) is 6.33. The number of nitrogens with one attached hydrogen (secondary N) is 1. The van der Waals surface area contributed by atoms with Crippen molar-refractivity contribution in [2.75, 3.05) is 6.54 Å². The van der Waals surface area contributed by atoms with Crippen LogP contribution < -0.4 is 5.32 Å². The van der Waals surface area contributed by atoms with Gasteiger partial charge >= 0.3 is 0 Å². The molecule has 1 unspecified atom stereocenters. The number of hydrogen-bond acceptors (Lipinski definition) is 2. The van der Waals surface area contributed by atoms with Crippen molar-refractivity contribution < 1.29 is 0 Å². The fourth-order valence-corrected chi connectivity index (χ4v) is 2.13. The van der Waals surface area contributed by atoms with Crippen LogP contribution in [0, 0.1) is 0 Å². The molecule has 3 nitrogen and oxygen atoms in total. The van der Waals surface area contributed by atoms with E-state index in [0.29, 0.717) is 6.04 Å². The molecule has 1 aliphatic rings. The first-order valence-corrected chi connectivity index (χ1v) is 5.07. The minimum Gasteiger partial charge on any atom is -0.309 e. The Hall–Kier alpha value is -0.830. The maximum absolute atomic E-state index is 4.31. The summed E-state index contributed by atoms with van der Waals surface area (Å²) in [6, 6.07) is 0.544. The summed E-state index contributed by atoms with van der Waals surface area (Å²) in [6.07, 6.45) is 5.63. The van der Waals surface area contributed by atoms with Crippen molar-refractivity contribution in [3.63, 3.8) is 0 Å². The third kappa shape index (κ3) is 1.48. The molecule has 72 valence electrons. The summed E-state index contributed by atoms with van der Waals surface area (Å²) in [6.45, 7) is 3.34. The molecular weight excluding hydrogens is 162 g/mol. The van der Waals surface area contributed by atoms with E-state index in [2.05, 4.69) is 17.3 Å². The van der Waals surface area contributed by atoms with Crippen LogP contribution in [-0.4, -0.2) is 16.3 Å². The average molecular weight is 179 g/mol. The lowest BCUT2D eigenvalue weighted by Crippen LogP contribution is -2.17. The van der Waals surface area contributed by atoms with E-state index < -0.39 is 0 Å². The highest BCUT2D eigenvalue weighted by Gasteiger charge is 2.21. The van der Waals surface area contributed by atoms with E-state index in [1.54, 1.807) is 0 Å². The fourth-order valence-electron chi connectivity index (χ4n) is 2.13. The standard InChI is InChI=1S/C10H17N3/c1-3-8-7-12-13(2)10(8)9-5-4-6-11-9/h7,9,11H,3-6H2,1-2H3. The van der Waals surface area contributed by atoms with Gasteiger partial charge in [-0.3, -0.25) is 4.68 Å². The molecule has 0 saturated carbocycles. The van der Waals surface area contributed by atoms with Crippen LogP contribution in [0.4, 0.5) is 0 Å². The number of aromatic nitrogens is 2. The summed E-state index contributed by atoms with van der Waals surface area (Å²) in [5.41, 5.74) is 2.78. The number of aryl methyl sites for hydroxylation is 2. The third-order valence-corrected chi connectivity index (χ3v) is 2.84. The fraction of sp³-hybridized carbons (Fsp3) is 0.700. The van der Waals surface area contributed by atoms with E-state index in [-0.39, 0.29) is 0 Å². The molecule has 0 bridgehead atoms. The molecule has 1 aliphatic heterocycles. The maximum Gasteiger partial charge on any atom is 0.0582 e. The van der Waals surface area contributed by atoms with Crippen LogP contribution in [0.25, 0.3) is 0 Å². The van der Waals surface area contributed by atoms with Gasteiger partial charge in [-0.1, -0.05) is 6.92 Å². The normalized spacial score (nSPS) is 22.5. The Morgan fingerprint density at radius 1 is 1.69 bits per heavy atom. The predicted molar refractivity (Wildman–Crippen MR) is 52.6 cm³/mol. The SMILES string of the molecule is CCc1cnn(C)c1C1CCCN1. The van der Waals surface area contributed by atoms with Crippen LogP contribution >= 0.6 is 0 Å². The molecule has 1 aromatic rings. The Kier molecular flexibility index (Phi) is 2.36. The Morgan fingerprint density at radius 2 is 2.54 bits per heavy atom. The van der Waals surface area contributed by atoms with E-state index >= 15 is 0 Å². The molecule has 1 atom stereocenters. The van der Waals surface area contributed by atoms with Gasteiger partial charge in [0.05, 0.1) is 11.9 Å². The van der Waals surface area contributed by atoms with Gasteiger partial charge in [-0.15, -0.1) is 0 Å². The molecule has 0 spiro atoms. The van der Waals surface area contributed by atoms with Gasteiger partial charge in [-0.2, -0.15) is 5.10 Å². The van der Waals surface area contributed by atoms with Gasteiger partial charge in [0.2, 0.25) is 0 Å². The zero-order chi connectivity index (χ0) is 9.26. The summed E-state index contributed by atoms with van der Waals surface area (Å²) >= 11 is 0. The van der Waals surface area contributed by atoms with Crippen molar-refractivity contribution in [3.8, 4) is 0 Å². The van der Waals surface area contributed by atoms with Crippen LogP contribution in [0.15, 0.2) is 6.20 Å². The number of rotatable bonds is 2. The summed E-state index contributed by atoms with van der Waals surface area (Å²) in [5.74, 6) is 0. The Bertz CT molecular complexity index is 284. The van der Waals surface area contributed by atoms with Crippen LogP contribution in [0.3, 0.4) is 0 Å². The van der Waals surface area contributed by atoms with Gasteiger partial charge in [0.1, 0.15) is 0 Å². The predicted octanol–water partition coefficient (Wildman–Crippen LogP) is 1.41. The lowest BCUT2D eigenvalue weighted by atomic mass is 10.1. The Labute approximate surface area is 79.1 Å². The second-order valence-corrected chi connectivity index (χ2v) is 3.68. The molecule has 1 N–H and O–H groups in total. The van der Waals surface area contributed by atoms with Crippen LogP contribution in [0.1, 0.15) is 37.1 Å². The van der Waals surface area contributed by atoms with Crippen LogP contribution in [-0.2, 0) is 13.5 Å². The first kappa shape index (κ1) is 8.75. The van der Waals surface area contributed by atoms with Gasteiger partial charge in [-0.25, -0.2) is 0 Å². The second-order valence-electron chi connectivity index (χ2n) is 3.68. The van der Waals surface area contributed by atoms with Gasteiger partial charge in [0.15, 0.2) is 0 Å². The monoisotopic (exact) mass is 179 g/mol. The molecule has 0 aromatic carbocycles. The van der Waals surface area contributed by atoms with Gasteiger partial charge < -0.3 is 5.32 Å². The molecule has 2 rings (SSSR count). The lowest BCUT2D eigenvalue weighted by Gasteiger charge is -2.12. The summed E-state index contributed by atoms with van der Waals surface area (Å²) in [4.78, 5) is 0. The summed E-state index contributed by atoms with van der Waals surface area (Å²) < 4.78 is 2.02. The molecule has 1 fully saturated rings. The average Bonchev–Trinajstić information content (AvgIpc) is 2.72. The zero-order valence-corrected chi connectivity index (χ0v) is 8.38. The van der Waals surface area contributed by atoms with E-state index in [4.69, 9.17) is 0 Å². The quantitative estimate of drug-likeness (QED) is 0.744. The molecule has 0 amide bonds. The van der Waals surface area contributed by atoms with Crippen LogP contribution in [0.5, 0.6) is 0 Å². The van der Waals surface area contributed by atoms with Crippen molar-refractivity contribution in [3.05, 3.63) is 17.5 Å². The Balaban J connectivity index is 2.30. The minimum absolute atomic E-state index is 0.544. The molecule has 1 aromatic heterocycles. The van der Waals surface area contributed by atoms with Crippen LogP contribution in [0.2, 0.25) is 0 Å². The number of hydrogen-bond donors (Lipinski definition) is 1. The lowest BCUT2D eigenvalue weighted by molar-refractivity contribution is 0.569. The summed E-state index contributed by atoms with van der Waals surface area (Å²) in [7, 11) is 2.04. The zero-order valence-electron chi connectivity index (χ0n) is 8.38. The van der Waals surface area contributed by atoms with Crippen molar-refractivity contribution in [1.29, 1.82) is 0 Å². The molecule has 13 heavy (non-hydrogen) atoms. The van der Waals surface area contributed by atoms with E-state index in [1.165, 1.54) is 24.1 Å². The smallest absolute Gasteiger partial charge is 0.0582 e. The molecular formula is C10H17N3. The van der Waals surface area contributed by atoms with E-state index in [1.807, 2.05) is 17.9 Å². The topological polar surface area (TPSA) is 29.9 Å². The van der Waals surface area contributed by atoms with Gasteiger partial charge in [0.25, 0.3) is 0 Å². The molecule has 2 heterocycles. The summed E-state index contributed by atoms with van der Waals surface area (Å²) in [5, 5.41) is 7.82. The second kappa shape index (κ2) is 3.50. The minimum atomic E-state index is 0.544.